The highest BCUT2D eigenvalue weighted by atomic mass is 19.3. The largest absolute Gasteiger partial charge is 0.497 e. The second kappa shape index (κ2) is 7.41. The molecule has 0 bridgehead atoms. The van der Waals surface area contributed by atoms with Gasteiger partial charge in [-0.3, -0.25) is 4.79 Å². The van der Waals surface area contributed by atoms with E-state index >= 15 is 0 Å². The van der Waals surface area contributed by atoms with Crippen molar-refractivity contribution in [1.29, 1.82) is 0 Å². The molecule has 1 N–H and O–H groups in total. The first-order valence-electron chi connectivity index (χ1n) is 8.36. The summed E-state index contributed by atoms with van der Waals surface area (Å²) in [6, 6.07) is 13.2. The van der Waals surface area contributed by atoms with Gasteiger partial charge >= 0.3 is 5.97 Å². The van der Waals surface area contributed by atoms with Gasteiger partial charge in [-0.2, -0.15) is 0 Å². The lowest BCUT2D eigenvalue weighted by Gasteiger charge is -2.21. The molecule has 0 saturated carbocycles. The molecule has 0 radical (unpaired) electrons. The summed E-state index contributed by atoms with van der Waals surface area (Å²) >= 11 is 0. The SMILES string of the molecule is COc1ccc(-c2ccc(C(F)(F)CC(CC3CO3)C(=O)O)cc2)cc1. The van der Waals surface area contributed by atoms with E-state index in [1.54, 1.807) is 31.4 Å². The highest BCUT2D eigenvalue weighted by Crippen LogP contribution is 2.38. The molecule has 138 valence electrons. The fraction of sp³-hybridized carbons (Fsp3) is 0.350. The van der Waals surface area contributed by atoms with E-state index in [2.05, 4.69) is 0 Å². The van der Waals surface area contributed by atoms with Crippen LogP contribution in [0.5, 0.6) is 5.75 Å². The number of rotatable bonds is 8. The number of benzene rings is 2. The Morgan fingerprint density at radius 1 is 1.19 bits per heavy atom. The Morgan fingerprint density at radius 3 is 2.19 bits per heavy atom. The number of carboxylic acid groups (broad SMARTS) is 1. The molecule has 1 heterocycles. The van der Waals surface area contributed by atoms with Crippen molar-refractivity contribution in [2.45, 2.75) is 24.9 Å². The number of halogens is 2. The van der Waals surface area contributed by atoms with Crippen LogP contribution in [0.15, 0.2) is 48.5 Å². The molecule has 2 aromatic rings. The summed E-state index contributed by atoms with van der Waals surface area (Å²) in [5.41, 5.74) is 1.50. The third-order valence-electron chi connectivity index (χ3n) is 4.53. The third kappa shape index (κ3) is 4.38. The van der Waals surface area contributed by atoms with Gasteiger partial charge in [-0.25, -0.2) is 8.78 Å². The van der Waals surface area contributed by atoms with E-state index in [1.165, 1.54) is 12.1 Å². The summed E-state index contributed by atoms with van der Waals surface area (Å²) in [6.45, 7) is 0.450. The number of hydrogen-bond donors (Lipinski definition) is 1. The zero-order valence-electron chi connectivity index (χ0n) is 14.3. The molecular weight excluding hydrogens is 342 g/mol. The quantitative estimate of drug-likeness (QED) is 0.710. The zero-order valence-corrected chi connectivity index (χ0v) is 14.3. The highest BCUT2D eigenvalue weighted by Gasteiger charge is 2.40. The van der Waals surface area contributed by atoms with Crippen molar-refractivity contribution >= 4 is 5.97 Å². The fourth-order valence-corrected chi connectivity index (χ4v) is 2.91. The first kappa shape index (κ1) is 18.3. The van der Waals surface area contributed by atoms with Crippen LogP contribution < -0.4 is 4.74 Å². The number of aliphatic carboxylic acids is 1. The predicted octanol–water partition coefficient (Wildman–Crippen LogP) is 4.33. The minimum atomic E-state index is -3.21. The van der Waals surface area contributed by atoms with E-state index in [1.807, 2.05) is 12.1 Å². The molecule has 0 aliphatic carbocycles. The van der Waals surface area contributed by atoms with Gasteiger partial charge in [0.05, 0.1) is 25.7 Å². The molecule has 4 nitrogen and oxygen atoms in total. The van der Waals surface area contributed by atoms with E-state index in [-0.39, 0.29) is 18.1 Å². The van der Waals surface area contributed by atoms with Crippen LogP contribution in [-0.2, 0) is 15.5 Å². The van der Waals surface area contributed by atoms with Crippen molar-refractivity contribution in [1.82, 2.24) is 0 Å². The molecule has 2 atom stereocenters. The smallest absolute Gasteiger partial charge is 0.306 e. The van der Waals surface area contributed by atoms with Crippen molar-refractivity contribution in [3.8, 4) is 16.9 Å². The van der Waals surface area contributed by atoms with E-state index in [0.29, 0.717) is 6.61 Å². The molecule has 2 unspecified atom stereocenters. The molecule has 6 heteroatoms. The Hall–Kier alpha value is -2.47. The van der Waals surface area contributed by atoms with Gasteiger partial charge in [-0.05, 0) is 29.7 Å². The maximum absolute atomic E-state index is 14.5. The van der Waals surface area contributed by atoms with E-state index in [4.69, 9.17) is 9.47 Å². The highest BCUT2D eigenvalue weighted by molar-refractivity contribution is 5.70. The molecule has 1 aliphatic heterocycles. The number of carboxylic acids is 1. The van der Waals surface area contributed by atoms with Gasteiger partial charge in [0.2, 0.25) is 0 Å². The van der Waals surface area contributed by atoms with Crippen LogP contribution in [0.25, 0.3) is 11.1 Å². The Balaban J connectivity index is 1.73. The molecule has 0 aromatic heterocycles. The summed E-state index contributed by atoms with van der Waals surface area (Å²) < 4.78 is 39.2. The minimum absolute atomic E-state index is 0.120. The van der Waals surface area contributed by atoms with Crippen molar-refractivity contribution in [3.63, 3.8) is 0 Å². The Morgan fingerprint density at radius 2 is 1.73 bits per heavy atom. The summed E-state index contributed by atoms with van der Waals surface area (Å²) in [4.78, 5) is 11.3. The van der Waals surface area contributed by atoms with Crippen LogP contribution in [0.4, 0.5) is 8.78 Å². The standard InChI is InChI=1S/C20H20F2O4/c1-25-17-8-4-14(5-9-17)13-2-6-16(7-3-13)20(21,22)11-15(19(23)24)10-18-12-26-18/h2-9,15,18H,10-12H2,1H3,(H,23,24). The van der Waals surface area contributed by atoms with Crippen molar-refractivity contribution in [2.75, 3.05) is 13.7 Å². The summed E-state index contributed by atoms with van der Waals surface area (Å²) in [5, 5.41) is 9.20. The van der Waals surface area contributed by atoms with Gasteiger partial charge in [0.25, 0.3) is 5.92 Å². The van der Waals surface area contributed by atoms with Crippen LogP contribution in [0.3, 0.4) is 0 Å². The number of alkyl halides is 2. The third-order valence-corrected chi connectivity index (χ3v) is 4.53. The number of hydrogen-bond acceptors (Lipinski definition) is 3. The zero-order chi connectivity index (χ0) is 18.7. The van der Waals surface area contributed by atoms with Crippen LogP contribution in [0, 0.1) is 5.92 Å². The van der Waals surface area contributed by atoms with E-state index in [0.717, 1.165) is 16.9 Å². The van der Waals surface area contributed by atoms with Gasteiger partial charge in [0.1, 0.15) is 5.75 Å². The molecule has 1 saturated heterocycles. The molecule has 2 aromatic carbocycles. The average Bonchev–Trinajstić information content (AvgIpc) is 3.45. The van der Waals surface area contributed by atoms with Gasteiger partial charge in [0.15, 0.2) is 0 Å². The number of carbonyl (C=O) groups is 1. The molecule has 26 heavy (non-hydrogen) atoms. The van der Waals surface area contributed by atoms with E-state index < -0.39 is 24.2 Å². The van der Waals surface area contributed by atoms with Crippen molar-refractivity contribution in [3.05, 3.63) is 54.1 Å². The Labute approximate surface area is 150 Å². The summed E-state index contributed by atoms with van der Waals surface area (Å²) in [5.74, 6) is -4.83. The maximum Gasteiger partial charge on any atom is 0.306 e. The van der Waals surface area contributed by atoms with Crippen LogP contribution in [0.2, 0.25) is 0 Å². The predicted molar refractivity (Wildman–Crippen MR) is 92.4 cm³/mol. The first-order chi connectivity index (χ1) is 12.4. The van der Waals surface area contributed by atoms with Crippen molar-refractivity contribution < 1.29 is 28.2 Å². The molecule has 1 fully saturated rings. The van der Waals surface area contributed by atoms with Gasteiger partial charge in [0, 0.05) is 12.0 Å². The second-order valence-corrected chi connectivity index (χ2v) is 6.44. The summed E-state index contributed by atoms with van der Waals surface area (Å²) in [6.07, 6.45) is -0.816. The number of epoxide rings is 1. The maximum atomic E-state index is 14.5. The monoisotopic (exact) mass is 362 g/mol. The van der Waals surface area contributed by atoms with Crippen LogP contribution in [0.1, 0.15) is 18.4 Å². The Bertz CT molecular complexity index is 752. The van der Waals surface area contributed by atoms with Crippen molar-refractivity contribution in [2.24, 2.45) is 5.92 Å². The van der Waals surface area contributed by atoms with Gasteiger partial charge in [-0.15, -0.1) is 0 Å². The topological polar surface area (TPSA) is 59.1 Å². The van der Waals surface area contributed by atoms with Gasteiger partial charge in [-0.1, -0.05) is 36.4 Å². The van der Waals surface area contributed by atoms with E-state index in [9.17, 15) is 18.7 Å². The molecule has 0 spiro atoms. The Kier molecular flexibility index (Phi) is 5.23. The minimum Gasteiger partial charge on any atom is -0.497 e. The molecular formula is C20H20F2O4. The van der Waals surface area contributed by atoms with Crippen LogP contribution >= 0.6 is 0 Å². The number of methoxy groups -OCH3 is 1. The average molecular weight is 362 g/mol. The fourth-order valence-electron chi connectivity index (χ4n) is 2.91. The van der Waals surface area contributed by atoms with Crippen LogP contribution in [-0.4, -0.2) is 30.9 Å². The second-order valence-electron chi connectivity index (χ2n) is 6.44. The summed E-state index contributed by atoms with van der Waals surface area (Å²) in [7, 11) is 1.58. The molecule has 3 rings (SSSR count). The lowest BCUT2D eigenvalue weighted by Crippen LogP contribution is -2.25. The normalized spacial score (nSPS) is 17.6. The molecule has 0 amide bonds. The lowest BCUT2D eigenvalue weighted by atomic mass is 9.91. The molecule has 1 aliphatic rings. The number of ether oxygens (including phenoxy) is 2. The first-order valence-corrected chi connectivity index (χ1v) is 8.36. The lowest BCUT2D eigenvalue weighted by molar-refractivity contribution is -0.146. The van der Waals surface area contributed by atoms with Gasteiger partial charge < -0.3 is 14.6 Å².